The highest BCUT2D eigenvalue weighted by molar-refractivity contribution is 5.91. The Morgan fingerprint density at radius 3 is 2.33 bits per heavy atom. The van der Waals surface area contributed by atoms with Gasteiger partial charge in [0.05, 0.1) is 0 Å². The average Bonchev–Trinajstić information content (AvgIpc) is 2.75. The number of unbranched alkanes of at least 4 members (excludes halogenated alkanes) is 6. The fourth-order valence-corrected chi connectivity index (χ4v) is 4.86. The molecule has 0 N–H and O–H groups in total. The molecule has 2 rings (SSSR count). The third-order valence-electron chi connectivity index (χ3n) is 6.90. The first-order chi connectivity index (χ1) is 14.5. The van der Waals surface area contributed by atoms with Gasteiger partial charge in [-0.2, -0.15) is 0 Å². The van der Waals surface area contributed by atoms with Crippen molar-refractivity contribution in [2.75, 3.05) is 6.61 Å². The van der Waals surface area contributed by atoms with Gasteiger partial charge < -0.3 is 4.74 Å². The van der Waals surface area contributed by atoms with Crippen molar-refractivity contribution in [1.82, 2.24) is 0 Å². The van der Waals surface area contributed by atoms with Crippen molar-refractivity contribution in [1.29, 1.82) is 0 Å². The van der Waals surface area contributed by atoms with Crippen molar-refractivity contribution >= 4 is 5.78 Å². The number of ketones is 1. The summed E-state index contributed by atoms with van der Waals surface area (Å²) in [5.41, 5.74) is -1.78. The van der Waals surface area contributed by atoms with Gasteiger partial charge in [-0.15, -0.1) is 0 Å². The fourth-order valence-electron chi connectivity index (χ4n) is 4.86. The molecule has 2 nitrogen and oxygen atoms in total. The van der Waals surface area contributed by atoms with Crippen LogP contribution in [0.15, 0.2) is 24.1 Å². The molecule has 0 aromatic rings. The molecule has 2 atom stereocenters. The van der Waals surface area contributed by atoms with Gasteiger partial charge in [-0.05, 0) is 43.3 Å². The molecule has 0 amide bonds. The summed E-state index contributed by atoms with van der Waals surface area (Å²) in [5, 5.41) is 0. The number of alkyl halides is 1. The van der Waals surface area contributed by atoms with Crippen LogP contribution in [0.2, 0.25) is 0 Å². The van der Waals surface area contributed by atoms with E-state index in [0.717, 1.165) is 56.9 Å². The van der Waals surface area contributed by atoms with Gasteiger partial charge in [0.15, 0.2) is 17.6 Å². The number of ether oxygens (including phenoxy) is 1. The van der Waals surface area contributed by atoms with Crippen molar-refractivity contribution in [3.05, 3.63) is 24.1 Å². The van der Waals surface area contributed by atoms with Crippen molar-refractivity contribution in [2.45, 2.75) is 116 Å². The predicted molar refractivity (Wildman–Crippen MR) is 120 cm³/mol. The van der Waals surface area contributed by atoms with Crippen molar-refractivity contribution < 1.29 is 18.3 Å². The van der Waals surface area contributed by atoms with Crippen LogP contribution in [-0.2, 0) is 9.53 Å². The van der Waals surface area contributed by atoms with Crippen LogP contribution in [0.4, 0.5) is 8.78 Å². The van der Waals surface area contributed by atoms with E-state index in [1.165, 1.54) is 50.7 Å². The molecule has 0 radical (unpaired) electrons. The Morgan fingerprint density at radius 1 is 1.00 bits per heavy atom. The summed E-state index contributed by atoms with van der Waals surface area (Å²) in [6.07, 6.45) is 16.8. The van der Waals surface area contributed by atoms with Crippen LogP contribution >= 0.6 is 0 Å². The van der Waals surface area contributed by atoms with E-state index in [4.69, 9.17) is 4.74 Å². The molecule has 0 heterocycles. The van der Waals surface area contributed by atoms with Gasteiger partial charge in [0.2, 0.25) is 0 Å². The normalized spacial score (nSPS) is 29.1. The highest BCUT2D eigenvalue weighted by atomic mass is 19.2. The minimum atomic E-state index is -2.03. The number of halogens is 2. The maximum Gasteiger partial charge on any atom is 0.191 e. The largest absolute Gasteiger partial charge is 0.359 e. The standard InChI is InChI=1S/C26H42F2O2/c1-3-5-7-8-9-10-19-30-26(18-11-13-23(27)25(26)28)24(29)20-22-16-14-21(15-17-22)12-6-4-2/h11,13,18,21-22,25H,3-10,12,14-17,19-20H2,1-2H3/t21-,22-,25?,26?. The van der Waals surface area contributed by atoms with Crippen molar-refractivity contribution in [3.8, 4) is 0 Å². The number of carbonyl (C=O) groups is 1. The molecule has 1 fully saturated rings. The van der Waals surface area contributed by atoms with Gasteiger partial charge in [0, 0.05) is 13.0 Å². The van der Waals surface area contributed by atoms with E-state index in [2.05, 4.69) is 13.8 Å². The van der Waals surface area contributed by atoms with Gasteiger partial charge >= 0.3 is 0 Å². The second kappa shape index (κ2) is 13.4. The van der Waals surface area contributed by atoms with Crippen LogP contribution in [0, 0.1) is 11.8 Å². The van der Waals surface area contributed by atoms with Gasteiger partial charge in [0.1, 0.15) is 5.83 Å². The summed E-state index contributed by atoms with van der Waals surface area (Å²) in [6, 6.07) is 0. The zero-order valence-electron chi connectivity index (χ0n) is 19.1. The number of hydrogen-bond acceptors (Lipinski definition) is 2. The first-order valence-corrected chi connectivity index (χ1v) is 12.4. The molecular weight excluding hydrogens is 382 g/mol. The van der Waals surface area contributed by atoms with Gasteiger partial charge in [-0.3, -0.25) is 4.79 Å². The first-order valence-electron chi connectivity index (χ1n) is 12.4. The van der Waals surface area contributed by atoms with Crippen LogP contribution in [0.1, 0.15) is 104 Å². The molecule has 172 valence electrons. The van der Waals surface area contributed by atoms with E-state index < -0.39 is 17.6 Å². The molecule has 4 heteroatoms. The van der Waals surface area contributed by atoms with E-state index in [1.54, 1.807) is 0 Å². The Labute approximate surface area is 182 Å². The summed E-state index contributed by atoms with van der Waals surface area (Å²) in [4.78, 5) is 13.2. The highest BCUT2D eigenvalue weighted by Gasteiger charge is 2.49. The van der Waals surface area contributed by atoms with E-state index in [0.29, 0.717) is 6.61 Å². The Morgan fingerprint density at radius 2 is 1.63 bits per heavy atom. The van der Waals surface area contributed by atoms with Crippen LogP contribution in [-0.4, -0.2) is 24.2 Å². The zero-order valence-corrected chi connectivity index (χ0v) is 19.1. The third-order valence-corrected chi connectivity index (χ3v) is 6.90. The summed E-state index contributed by atoms with van der Waals surface area (Å²) in [7, 11) is 0. The lowest BCUT2D eigenvalue weighted by Gasteiger charge is -2.36. The summed E-state index contributed by atoms with van der Waals surface area (Å²) >= 11 is 0. The monoisotopic (exact) mass is 424 g/mol. The predicted octanol–water partition coefficient (Wildman–Crippen LogP) is 7.82. The van der Waals surface area contributed by atoms with Crippen LogP contribution in [0.5, 0.6) is 0 Å². The number of rotatable bonds is 14. The van der Waals surface area contributed by atoms with E-state index >= 15 is 0 Å². The average molecular weight is 425 g/mol. The fraction of sp³-hybridized carbons (Fsp3) is 0.808. The quantitative estimate of drug-likeness (QED) is 0.266. The molecular formula is C26H42F2O2. The molecule has 0 spiro atoms. The molecule has 2 aliphatic carbocycles. The number of allylic oxidation sites excluding steroid dienone is 2. The molecule has 0 bridgehead atoms. The Bertz CT molecular complexity index is 563. The Balaban J connectivity index is 1.89. The maximum atomic E-state index is 14.9. The molecule has 0 aromatic carbocycles. The number of hydrogen-bond donors (Lipinski definition) is 0. The van der Waals surface area contributed by atoms with Gasteiger partial charge in [0.25, 0.3) is 0 Å². The SMILES string of the molecule is CCCCCCCCOC1(C(=O)C[C@H]2CC[C@H](CCCC)CC2)C=CC=C(F)C1F. The molecule has 0 aromatic heterocycles. The lowest BCUT2D eigenvalue weighted by atomic mass is 9.75. The summed E-state index contributed by atoms with van der Waals surface area (Å²) in [6.45, 7) is 4.68. The maximum absolute atomic E-state index is 14.9. The van der Waals surface area contributed by atoms with Crippen molar-refractivity contribution in [3.63, 3.8) is 0 Å². The molecule has 2 aliphatic rings. The summed E-state index contributed by atoms with van der Waals surface area (Å²) in [5.74, 6) is -0.174. The van der Waals surface area contributed by atoms with Gasteiger partial charge in [-0.25, -0.2) is 8.78 Å². The topological polar surface area (TPSA) is 26.3 Å². The smallest absolute Gasteiger partial charge is 0.191 e. The Hall–Kier alpha value is -1.03. The molecule has 0 saturated heterocycles. The summed E-state index contributed by atoms with van der Waals surface area (Å²) < 4.78 is 34.9. The minimum Gasteiger partial charge on any atom is -0.359 e. The number of Topliss-reactive ketones (excluding diaryl/α,β-unsaturated/α-hetero) is 1. The zero-order chi connectivity index (χ0) is 21.8. The lowest BCUT2D eigenvalue weighted by Crippen LogP contribution is -2.50. The minimum absolute atomic E-state index is 0.263. The third kappa shape index (κ3) is 7.28. The molecule has 30 heavy (non-hydrogen) atoms. The Kier molecular flexibility index (Phi) is 11.3. The van der Waals surface area contributed by atoms with E-state index in [9.17, 15) is 13.6 Å². The van der Waals surface area contributed by atoms with Gasteiger partial charge in [-0.1, -0.05) is 84.1 Å². The first kappa shape index (κ1) is 25.2. The number of carbonyl (C=O) groups excluding carboxylic acids is 1. The lowest BCUT2D eigenvalue weighted by molar-refractivity contribution is -0.147. The van der Waals surface area contributed by atoms with Crippen LogP contribution in [0.25, 0.3) is 0 Å². The second-order valence-electron chi connectivity index (χ2n) is 9.34. The molecule has 0 aliphatic heterocycles. The van der Waals surface area contributed by atoms with Crippen molar-refractivity contribution in [2.24, 2.45) is 11.8 Å². The second-order valence-corrected chi connectivity index (χ2v) is 9.34. The van der Waals surface area contributed by atoms with Crippen LogP contribution in [0.3, 0.4) is 0 Å². The van der Waals surface area contributed by atoms with E-state index in [-0.39, 0.29) is 18.1 Å². The van der Waals surface area contributed by atoms with Crippen LogP contribution < -0.4 is 0 Å². The highest BCUT2D eigenvalue weighted by Crippen LogP contribution is 2.38. The van der Waals surface area contributed by atoms with E-state index in [1.807, 2.05) is 0 Å². The molecule has 2 unspecified atom stereocenters. The molecule has 1 saturated carbocycles.